The maximum atomic E-state index is 13.1. The first kappa shape index (κ1) is 34.9. The minimum Gasteiger partial charge on any atom is -0.369 e. The lowest BCUT2D eigenvalue weighted by Crippen LogP contribution is -2.54. The highest BCUT2D eigenvalue weighted by atomic mass is 32.2. The Morgan fingerprint density at radius 2 is 1.63 bits per heavy atom. The normalized spacial score (nSPS) is 14.4. The Morgan fingerprint density at radius 1 is 1.10 bits per heavy atom. The summed E-state index contributed by atoms with van der Waals surface area (Å²) in [6.07, 6.45) is -3.50. The Kier molecular flexibility index (Phi) is 11.9. The van der Waals surface area contributed by atoms with Crippen molar-refractivity contribution in [2.24, 2.45) is 5.73 Å². The zero-order valence-electron chi connectivity index (χ0n) is 21.1. The van der Waals surface area contributed by atoms with E-state index in [0.29, 0.717) is 18.6 Å². The fraction of sp³-hybridized carbons (Fsp3) is 0.320. The van der Waals surface area contributed by atoms with Gasteiger partial charge in [-0.2, -0.15) is 31.6 Å². The van der Waals surface area contributed by atoms with Gasteiger partial charge in [-0.1, -0.05) is 12.1 Å². The van der Waals surface area contributed by atoms with Gasteiger partial charge < -0.3 is 16.2 Å². The highest BCUT2D eigenvalue weighted by Gasteiger charge is 2.71. The van der Waals surface area contributed by atoms with Gasteiger partial charge >= 0.3 is 12.4 Å². The number of fused-ring (bicyclic) bond motifs is 1. The van der Waals surface area contributed by atoms with E-state index in [1.165, 1.54) is 29.4 Å². The van der Waals surface area contributed by atoms with Gasteiger partial charge in [0.1, 0.15) is 5.82 Å². The molecule has 2 amide bonds. The van der Waals surface area contributed by atoms with Crippen molar-refractivity contribution in [2.45, 2.75) is 48.7 Å². The van der Waals surface area contributed by atoms with Crippen molar-refractivity contribution in [1.82, 2.24) is 5.32 Å². The number of halogens is 7. The lowest BCUT2D eigenvalue weighted by Gasteiger charge is -2.35. The number of nitrogens with two attached hydrogens (primary N) is 1. The van der Waals surface area contributed by atoms with Gasteiger partial charge in [0, 0.05) is 19.0 Å². The fourth-order valence-corrected chi connectivity index (χ4v) is 4.77. The average Bonchev–Trinajstić information content (AvgIpc) is 2.90. The second kappa shape index (κ2) is 14.0. The number of hydrogen-bond donors (Lipinski definition) is 3. The highest BCUT2D eigenvalue weighted by molar-refractivity contribution is 7.86. The molecule has 0 aromatic heterocycles. The van der Waals surface area contributed by atoms with Crippen LogP contribution in [0.4, 0.5) is 36.4 Å². The van der Waals surface area contributed by atoms with Crippen LogP contribution in [-0.2, 0) is 32.6 Å². The Hall–Kier alpha value is -4.15. The van der Waals surface area contributed by atoms with Gasteiger partial charge in [-0.05, 0) is 48.7 Å². The second-order valence-corrected chi connectivity index (χ2v) is 9.53. The first-order chi connectivity index (χ1) is 18.9. The summed E-state index contributed by atoms with van der Waals surface area (Å²) in [7, 11) is -1.84. The van der Waals surface area contributed by atoms with Crippen LogP contribution in [0.3, 0.4) is 0 Å². The summed E-state index contributed by atoms with van der Waals surface area (Å²) in [6.45, 7) is 1.44. The quantitative estimate of drug-likeness (QED) is 0.353. The first-order valence-corrected chi connectivity index (χ1v) is 12.3. The van der Waals surface area contributed by atoms with E-state index >= 15 is 0 Å². The number of rotatable bonds is 5. The molecule has 0 radical (unpaired) electrons. The summed E-state index contributed by atoms with van der Waals surface area (Å²) >= 11 is 0. The molecule has 16 heteroatoms. The summed E-state index contributed by atoms with van der Waals surface area (Å²) < 4.78 is 106. The molecule has 0 aliphatic carbocycles. The van der Waals surface area contributed by atoms with Crippen LogP contribution in [0.2, 0.25) is 0 Å². The predicted octanol–water partition coefficient (Wildman–Crippen LogP) is 3.36. The molecular weight excluding hydrogens is 585 g/mol. The van der Waals surface area contributed by atoms with Crippen LogP contribution in [0.5, 0.6) is 0 Å². The monoisotopic (exact) mass is 608 g/mol. The molecule has 0 spiro atoms. The van der Waals surface area contributed by atoms with Crippen molar-refractivity contribution in [3.63, 3.8) is 0 Å². The van der Waals surface area contributed by atoms with Crippen LogP contribution < -0.4 is 15.4 Å². The number of anilines is 1. The number of benzene rings is 2. The summed E-state index contributed by atoms with van der Waals surface area (Å²) in [5.74, 6) is -1.85. The number of primary amides is 1. The van der Waals surface area contributed by atoms with Crippen LogP contribution >= 0.6 is 0 Å². The van der Waals surface area contributed by atoms with Crippen LogP contribution in [0.1, 0.15) is 24.5 Å². The van der Waals surface area contributed by atoms with Crippen molar-refractivity contribution in [1.29, 1.82) is 5.26 Å². The fourth-order valence-electron chi connectivity index (χ4n) is 3.50. The average molecular weight is 609 g/mol. The summed E-state index contributed by atoms with van der Waals surface area (Å²) in [6, 6.07) is 7.20. The van der Waals surface area contributed by atoms with Crippen molar-refractivity contribution in [3.05, 3.63) is 59.4 Å². The van der Waals surface area contributed by atoms with Gasteiger partial charge in [0.15, 0.2) is 17.0 Å². The number of terminal acetylenes is 1. The molecule has 1 aliphatic rings. The number of amides is 2. The number of nitrogens with zero attached hydrogens (tertiary/aromatic N) is 2. The molecule has 2 atom stereocenters. The van der Waals surface area contributed by atoms with E-state index < -0.39 is 58.2 Å². The highest BCUT2D eigenvalue weighted by Crippen LogP contribution is 2.50. The Labute approximate surface area is 232 Å². The van der Waals surface area contributed by atoms with Crippen LogP contribution in [0, 0.1) is 30.0 Å². The van der Waals surface area contributed by atoms with Gasteiger partial charge in [-0.25, -0.2) is 8.60 Å². The van der Waals surface area contributed by atoms with Crippen molar-refractivity contribution < 1.29 is 49.6 Å². The number of hydrogen-bond acceptors (Lipinski definition) is 5. The molecule has 0 bridgehead atoms. The topological polar surface area (TPSA) is 137 Å². The molecular formula is C25H23F7N4O4S. The van der Waals surface area contributed by atoms with E-state index in [0.717, 1.165) is 18.2 Å². The maximum absolute atomic E-state index is 13.1. The number of nitrogens with one attached hydrogen (secondary N) is 1. The third-order valence-corrected chi connectivity index (χ3v) is 6.83. The van der Waals surface area contributed by atoms with E-state index in [-0.39, 0.29) is 29.1 Å². The van der Waals surface area contributed by atoms with E-state index in [4.69, 9.17) is 11.0 Å². The van der Waals surface area contributed by atoms with E-state index in [1.54, 1.807) is 0 Å². The van der Waals surface area contributed by atoms with Crippen molar-refractivity contribution in [2.75, 3.05) is 10.8 Å². The van der Waals surface area contributed by atoms with E-state index in [2.05, 4.69) is 18.2 Å². The zero-order valence-corrected chi connectivity index (χ0v) is 21.9. The smallest absolute Gasteiger partial charge is 0.369 e. The molecule has 1 heterocycles. The SMILES string of the molecule is C#C.CC(=O)NC(C#N)C(N)=O.O=S(c1ccc(F)cc1)N1CCCc2cc(C(O)(C(F)(F)F)C(F)(F)F)ccc21. The molecule has 0 saturated carbocycles. The maximum Gasteiger partial charge on any atom is 0.430 e. The second-order valence-electron chi connectivity index (χ2n) is 8.12. The van der Waals surface area contributed by atoms with E-state index in [1.807, 2.05) is 0 Å². The molecule has 2 unspecified atom stereocenters. The van der Waals surface area contributed by atoms with E-state index in [9.17, 15) is 49.6 Å². The summed E-state index contributed by atoms with van der Waals surface area (Å²) in [5, 5.41) is 19.8. The third-order valence-electron chi connectivity index (χ3n) is 5.37. The van der Waals surface area contributed by atoms with Crippen LogP contribution in [-0.4, -0.2) is 46.1 Å². The third kappa shape index (κ3) is 8.18. The van der Waals surface area contributed by atoms with Gasteiger partial charge in [0.05, 0.1) is 16.7 Å². The van der Waals surface area contributed by atoms with Crippen molar-refractivity contribution in [3.8, 4) is 18.9 Å². The van der Waals surface area contributed by atoms with Gasteiger partial charge in [0.2, 0.25) is 5.91 Å². The number of nitriles is 1. The molecule has 1 aliphatic heterocycles. The Bertz CT molecular complexity index is 1310. The van der Waals surface area contributed by atoms with Crippen molar-refractivity contribution >= 4 is 28.5 Å². The minimum atomic E-state index is -5.98. The molecule has 3 rings (SSSR count). The largest absolute Gasteiger partial charge is 0.430 e. The Balaban J connectivity index is 0.000000594. The molecule has 8 nitrogen and oxygen atoms in total. The lowest BCUT2D eigenvalue weighted by atomic mass is 9.89. The van der Waals surface area contributed by atoms with Gasteiger partial charge in [0.25, 0.3) is 11.5 Å². The first-order valence-electron chi connectivity index (χ1n) is 11.2. The molecule has 0 fully saturated rings. The summed E-state index contributed by atoms with van der Waals surface area (Å²) in [4.78, 5) is 20.7. The number of carbonyl (C=O) groups excluding carboxylic acids is 2. The van der Waals surface area contributed by atoms with Crippen LogP contribution in [0.15, 0.2) is 47.4 Å². The number of carbonyl (C=O) groups is 2. The molecule has 41 heavy (non-hydrogen) atoms. The van der Waals surface area contributed by atoms with Crippen LogP contribution in [0.25, 0.3) is 0 Å². The van der Waals surface area contributed by atoms with Gasteiger partial charge in [-0.15, -0.1) is 12.8 Å². The molecule has 4 N–H and O–H groups in total. The predicted molar refractivity (Wildman–Crippen MR) is 133 cm³/mol. The number of alkyl halides is 6. The molecule has 2 aromatic rings. The molecule has 0 saturated heterocycles. The Morgan fingerprint density at radius 3 is 2.05 bits per heavy atom. The lowest BCUT2D eigenvalue weighted by molar-refractivity contribution is -0.376. The number of aryl methyl sites for hydroxylation is 1. The zero-order chi connectivity index (χ0) is 31.8. The summed E-state index contributed by atoms with van der Waals surface area (Å²) in [5.41, 5.74) is -1.37. The van der Waals surface area contributed by atoms with Gasteiger partial charge in [-0.3, -0.25) is 13.9 Å². The standard InChI is InChI=1S/C18H14F7NO2S.C5H7N3O2.C2H2/c19-13-4-6-14(7-5-13)29(28)26-9-1-2-11-10-12(3-8-15(11)26)16(27,17(20,21)22)18(23,24)25;1-3(9)8-4(2-6)5(7)10;1-2/h3-8,10,27H,1-2,9H2;4H,1H3,(H2,7,10)(H,8,9);1-2H. The number of aliphatic hydroxyl groups is 1. The molecule has 2 aromatic carbocycles. The molecule has 222 valence electrons. The minimum absolute atomic E-state index is 0.0936.